The molecule has 0 heterocycles. The maximum atomic E-state index is 11.2. The first kappa shape index (κ1) is 16.5. The first-order chi connectivity index (χ1) is 10.7. The van der Waals surface area contributed by atoms with Gasteiger partial charge in [-0.15, -0.1) is 0 Å². The largest absolute Gasteiger partial charge is 0.478 e. The first-order valence-electron chi connectivity index (χ1n) is 7.07. The summed E-state index contributed by atoms with van der Waals surface area (Å²) in [5.41, 5.74) is 2.99. The summed E-state index contributed by atoms with van der Waals surface area (Å²) in [6, 6.07) is 6.64. The molecule has 23 heavy (non-hydrogen) atoms. The number of carbonyl (C=O) groups is 2. The average Bonchev–Trinajstić information content (AvgIpc) is 2.35. The molecule has 2 aromatic rings. The Balaban J connectivity index is 2.41. The Kier molecular flexibility index (Phi) is 4.40. The van der Waals surface area contributed by atoms with E-state index in [1.54, 1.807) is 52.0 Å². The molecule has 0 spiro atoms. The number of rotatable bonds is 4. The monoisotopic (exact) mass is 314 g/mol. The van der Waals surface area contributed by atoms with Crippen LogP contribution in [0.5, 0.6) is 11.5 Å². The van der Waals surface area contributed by atoms with Gasteiger partial charge in [-0.05, 0) is 74.2 Å². The average molecular weight is 314 g/mol. The van der Waals surface area contributed by atoms with E-state index in [1.807, 2.05) is 0 Å². The lowest BCUT2D eigenvalue weighted by Crippen LogP contribution is -2.04. The Morgan fingerprint density at radius 1 is 0.696 bits per heavy atom. The smallest absolute Gasteiger partial charge is 0.336 e. The van der Waals surface area contributed by atoms with Crippen molar-refractivity contribution in [1.29, 1.82) is 0 Å². The molecule has 5 nitrogen and oxygen atoms in total. The Morgan fingerprint density at radius 3 is 1.17 bits per heavy atom. The van der Waals surface area contributed by atoms with Gasteiger partial charge >= 0.3 is 11.9 Å². The highest BCUT2D eigenvalue weighted by Crippen LogP contribution is 2.29. The molecule has 0 aliphatic heterocycles. The highest BCUT2D eigenvalue weighted by Gasteiger charge is 2.15. The van der Waals surface area contributed by atoms with Gasteiger partial charge in [0.2, 0.25) is 0 Å². The van der Waals surface area contributed by atoms with Crippen LogP contribution in [0.25, 0.3) is 0 Å². The summed E-state index contributed by atoms with van der Waals surface area (Å²) in [6.07, 6.45) is 0. The van der Waals surface area contributed by atoms with Gasteiger partial charge in [0.15, 0.2) is 0 Å². The number of ether oxygens (including phenoxy) is 1. The van der Waals surface area contributed by atoms with Crippen LogP contribution in [0.1, 0.15) is 43.0 Å². The van der Waals surface area contributed by atoms with Gasteiger partial charge in [0, 0.05) is 0 Å². The van der Waals surface area contributed by atoms with Crippen LogP contribution in [0.2, 0.25) is 0 Å². The molecular formula is C18H18O5. The fourth-order valence-corrected chi connectivity index (χ4v) is 2.78. The maximum Gasteiger partial charge on any atom is 0.336 e. The van der Waals surface area contributed by atoms with Crippen molar-refractivity contribution in [1.82, 2.24) is 0 Å². The van der Waals surface area contributed by atoms with Crippen LogP contribution in [-0.2, 0) is 0 Å². The molecule has 0 unspecified atom stereocenters. The number of hydrogen-bond donors (Lipinski definition) is 2. The second-order valence-corrected chi connectivity index (χ2v) is 5.58. The van der Waals surface area contributed by atoms with Crippen molar-refractivity contribution >= 4 is 11.9 Å². The van der Waals surface area contributed by atoms with E-state index >= 15 is 0 Å². The number of benzene rings is 2. The number of hydrogen-bond acceptors (Lipinski definition) is 3. The van der Waals surface area contributed by atoms with Crippen LogP contribution >= 0.6 is 0 Å². The molecule has 0 radical (unpaired) electrons. The van der Waals surface area contributed by atoms with Crippen LogP contribution < -0.4 is 4.74 Å². The number of carboxylic acid groups (broad SMARTS) is 2. The minimum atomic E-state index is -0.968. The minimum Gasteiger partial charge on any atom is -0.478 e. The lowest BCUT2D eigenvalue weighted by atomic mass is 10.0. The lowest BCUT2D eigenvalue weighted by molar-refractivity contribution is 0.0684. The van der Waals surface area contributed by atoms with Crippen molar-refractivity contribution < 1.29 is 24.5 Å². The molecule has 2 N–H and O–H groups in total. The van der Waals surface area contributed by atoms with Crippen molar-refractivity contribution in [3.05, 3.63) is 57.6 Å². The van der Waals surface area contributed by atoms with Gasteiger partial charge in [-0.3, -0.25) is 0 Å². The second kappa shape index (κ2) is 6.12. The van der Waals surface area contributed by atoms with Crippen molar-refractivity contribution in [2.75, 3.05) is 0 Å². The maximum absolute atomic E-state index is 11.2. The predicted molar refractivity (Wildman–Crippen MR) is 85.8 cm³/mol. The Labute approximate surface area is 134 Å². The number of aromatic carboxylic acids is 2. The molecule has 0 fully saturated rings. The quantitative estimate of drug-likeness (QED) is 0.887. The van der Waals surface area contributed by atoms with E-state index in [0.29, 0.717) is 33.8 Å². The third kappa shape index (κ3) is 3.34. The summed E-state index contributed by atoms with van der Waals surface area (Å²) in [5.74, 6) is -0.896. The zero-order chi connectivity index (χ0) is 17.3. The van der Waals surface area contributed by atoms with Gasteiger partial charge < -0.3 is 14.9 Å². The normalized spacial score (nSPS) is 10.4. The van der Waals surface area contributed by atoms with Gasteiger partial charge in [0.1, 0.15) is 11.5 Å². The molecule has 0 aromatic heterocycles. The van der Waals surface area contributed by atoms with Crippen LogP contribution in [0, 0.1) is 27.7 Å². The first-order valence-corrected chi connectivity index (χ1v) is 7.07. The molecule has 2 aromatic carbocycles. The minimum absolute atomic E-state index is 0.269. The fourth-order valence-electron chi connectivity index (χ4n) is 2.78. The van der Waals surface area contributed by atoms with E-state index in [9.17, 15) is 19.8 Å². The van der Waals surface area contributed by atoms with E-state index in [1.165, 1.54) is 0 Å². The SMILES string of the molecule is Cc1cc(Oc2cc(C)c(C(=O)O)c(C)c2)cc(C)c1C(=O)O. The van der Waals surface area contributed by atoms with Crippen molar-refractivity contribution in [3.8, 4) is 11.5 Å². The van der Waals surface area contributed by atoms with E-state index in [0.717, 1.165) is 0 Å². The van der Waals surface area contributed by atoms with E-state index in [-0.39, 0.29) is 11.1 Å². The highest BCUT2D eigenvalue weighted by molar-refractivity contribution is 5.92. The molecule has 0 saturated heterocycles. The van der Waals surface area contributed by atoms with Crippen LogP contribution in [0.15, 0.2) is 24.3 Å². The van der Waals surface area contributed by atoms with Crippen molar-refractivity contribution in [2.45, 2.75) is 27.7 Å². The second-order valence-electron chi connectivity index (χ2n) is 5.58. The summed E-state index contributed by atoms with van der Waals surface area (Å²) >= 11 is 0. The van der Waals surface area contributed by atoms with E-state index < -0.39 is 11.9 Å². The molecule has 0 atom stereocenters. The zero-order valence-electron chi connectivity index (χ0n) is 13.4. The standard InChI is InChI=1S/C18H18O5/c1-9-5-13(6-10(2)15(9)17(19)20)23-14-7-11(3)16(18(21)22)12(4)8-14/h5-8H,1-4H3,(H,19,20)(H,21,22). The van der Waals surface area contributed by atoms with E-state index in [2.05, 4.69) is 0 Å². The molecule has 120 valence electrons. The Morgan fingerprint density at radius 2 is 0.957 bits per heavy atom. The van der Waals surface area contributed by atoms with E-state index in [4.69, 9.17) is 4.74 Å². The molecular weight excluding hydrogens is 296 g/mol. The summed E-state index contributed by atoms with van der Waals surface area (Å²) in [7, 11) is 0. The molecule has 5 heteroatoms. The van der Waals surface area contributed by atoms with Gasteiger partial charge in [-0.2, -0.15) is 0 Å². The topological polar surface area (TPSA) is 83.8 Å². The van der Waals surface area contributed by atoms with Gasteiger partial charge in [0.05, 0.1) is 11.1 Å². The molecule has 0 amide bonds. The predicted octanol–water partition coefficient (Wildman–Crippen LogP) is 4.11. The Hall–Kier alpha value is -2.82. The lowest BCUT2D eigenvalue weighted by Gasteiger charge is -2.13. The van der Waals surface area contributed by atoms with Crippen molar-refractivity contribution in [3.63, 3.8) is 0 Å². The van der Waals surface area contributed by atoms with Gasteiger partial charge in [0.25, 0.3) is 0 Å². The number of carboxylic acids is 2. The van der Waals surface area contributed by atoms with Crippen molar-refractivity contribution in [2.24, 2.45) is 0 Å². The Bertz CT molecular complexity index is 692. The molecule has 0 bridgehead atoms. The van der Waals surface area contributed by atoms with Crippen LogP contribution in [0.3, 0.4) is 0 Å². The molecule has 0 saturated carbocycles. The van der Waals surface area contributed by atoms with Crippen LogP contribution in [-0.4, -0.2) is 22.2 Å². The highest BCUT2D eigenvalue weighted by atomic mass is 16.5. The van der Waals surface area contributed by atoms with Crippen LogP contribution in [0.4, 0.5) is 0 Å². The molecule has 2 rings (SSSR count). The summed E-state index contributed by atoms with van der Waals surface area (Å²) in [6.45, 7) is 6.86. The van der Waals surface area contributed by atoms with Gasteiger partial charge in [-0.1, -0.05) is 0 Å². The summed E-state index contributed by atoms with van der Waals surface area (Å²) in [4.78, 5) is 22.4. The van der Waals surface area contributed by atoms with Gasteiger partial charge in [-0.25, -0.2) is 9.59 Å². The molecule has 0 aliphatic rings. The molecule has 0 aliphatic carbocycles. The third-order valence-corrected chi connectivity index (χ3v) is 3.68. The third-order valence-electron chi connectivity index (χ3n) is 3.68. The summed E-state index contributed by atoms with van der Waals surface area (Å²) < 4.78 is 5.79. The zero-order valence-corrected chi connectivity index (χ0v) is 13.4. The fraction of sp³-hybridized carbons (Fsp3) is 0.222. The summed E-state index contributed by atoms with van der Waals surface area (Å²) in [5, 5.41) is 18.4. The number of aryl methyl sites for hydroxylation is 4.